The summed E-state index contributed by atoms with van der Waals surface area (Å²) in [6.07, 6.45) is 2.66. The summed E-state index contributed by atoms with van der Waals surface area (Å²) in [5.41, 5.74) is 8.28. The van der Waals surface area contributed by atoms with Crippen LogP contribution in [-0.4, -0.2) is 17.6 Å². The zero-order chi connectivity index (χ0) is 13.9. The molecular weight excluding hydrogens is 250 g/mol. The van der Waals surface area contributed by atoms with Gasteiger partial charge in [0.15, 0.2) is 0 Å². The lowest BCUT2D eigenvalue weighted by atomic mass is 9.98. The van der Waals surface area contributed by atoms with Gasteiger partial charge in [0, 0.05) is 18.2 Å². The molecule has 1 aliphatic rings. The first-order valence-corrected chi connectivity index (χ1v) is 6.98. The molecule has 2 unspecified atom stereocenters. The maximum atomic E-state index is 6.09. The zero-order valence-electron chi connectivity index (χ0n) is 11.5. The molecule has 3 N–H and O–H groups in total. The Morgan fingerprint density at radius 1 is 1.35 bits per heavy atom. The number of nitrogens with zero attached hydrogens (tertiary/aromatic N) is 1. The molecule has 1 aliphatic heterocycles. The molecule has 4 nitrogen and oxygen atoms in total. The average molecular weight is 269 g/mol. The molecule has 20 heavy (non-hydrogen) atoms. The number of para-hydroxylation sites is 1. The number of nitrogen functional groups attached to an aromatic ring is 1. The standard InChI is InChI=1S/C16H19N3O/c1-2-18-15(12-7-5-9-19-16(12)17)14-10-11-6-3-4-8-13(11)20-14/h3-9,14-15,18H,2,10H2,1H3,(H2,17,19). The largest absolute Gasteiger partial charge is 0.488 e. The number of nitrogens with one attached hydrogen (secondary N) is 1. The average Bonchev–Trinajstić information content (AvgIpc) is 2.89. The molecule has 2 aromatic rings. The van der Waals surface area contributed by atoms with Gasteiger partial charge in [-0.3, -0.25) is 0 Å². The number of hydrogen-bond acceptors (Lipinski definition) is 4. The summed E-state index contributed by atoms with van der Waals surface area (Å²) in [5, 5.41) is 3.47. The van der Waals surface area contributed by atoms with Gasteiger partial charge in [-0.2, -0.15) is 0 Å². The number of rotatable bonds is 4. The number of fused-ring (bicyclic) bond motifs is 1. The minimum absolute atomic E-state index is 0.0545. The monoisotopic (exact) mass is 269 g/mol. The number of anilines is 1. The van der Waals surface area contributed by atoms with Crippen LogP contribution in [0.1, 0.15) is 24.1 Å². The highest BCUT2D eigenvalue weighted by Gasteiger charge is 2.31. The van der Waals surface area contributed by atoms with E-state index in [1.807, 2.05) is 30.3 Å². The summed E-state index contributed by atoms with van der Waals surface area (Å²) in [7, 11) is 0. The predicted octanol–water partition coefficient (Wildman–Crippen LogP) is 2.32. The van der Waals surface area contributed by atoms with Gasteiger partial charge in [-0.25, -0.2) is 4.98 Å². The normalized spacial score (nSPS) is 18.4. The number of likely N-dealkylation sites (N-methyl/N-ethyl adjacent to an activating group) is 1. The van der Waals surface area contributed by atoms with Crippen molar-refractivity contribution >= 4 is 5.82 Å². The zero-order valence-corrected chi connectivity index (χ0v) is 11.5. The van der Waals surface area contributed by atoms with Crippen LogP contribution >= 0.6 is 0 Å². The summed E-state index contributed by atoms with van der Waals surface area (Å²) in [5.74, 6) is 1.54. The van der Waals surface area contributed by atoms with Crippen LogP contribution in [0.15, 0.2) is 42.6 Å². The van der Waals surface area contributed by atoms with Crippen molar-refractivity contribution < 1.29 is 4.74 Å². The molecule has 2 heterocycles. The van der Waals surface area contributed by atoms with E-state index in [9.17, 15) is 0 Å². The van der Waals surface area contributed by atoms with Crippen molar-refractivity contribution in [2.24, 2.45) is 0 Å². The molecule has 0 spiro atoms. The molecule has 3 rings (SSSR count). The molecule has 0 radical (unpaired) electrons. The van der Waals surface area contributed by atoms with Gasteiger partial charge < -0.3 is 15.8 Å². The number of hydrogen-bond donors (Lipinski definition) is 2. The fourth-order valence-corrected chi connectivity index (χ4v) is 2.75. The molecular formula is C16H19N3O. The quantitative estimate of drug-likeness (QED) is 0.894. The number of nitrogens with two attached hydrogens (primary N) is 1. The fraction of sp³-hybridized carbons (Fsp3) is 0.312. The van der Waals surface area contributed by atoms with Crippen LogP contribution in [-0.2, 0) is 6.42 Å². The molecule has 4 heteroatoms. The summed E-state index contributed by atoms with van der Waals surface area (Å²) < 4.78 is 6.09. The van der Waals surface area contributed by atoms with E-state index in [2.05, 4.69) is 23.3 Å². The van der Waals surface area contributed by atoms with Crippen LogP contribution in [0.5, 0.6) is 5.75 Å². The Morgan fingerprint density at radius 2 is 2.20 bits per heavy atom. The second-order valence-corrected chi connectivity index (χ2v) is 4.98. The van der Waals surface area contributed by atoms with Gasteiger partial charge in [-0.1, -0.05) is 31.2 Å². The van der Waals surface area contributed by atoms with E-state index < -0.39 is 0 Å². The highest BCUT2D eigenvalue weighted by Crippen LogP contribution is 2.35. The highest BCUT2D eigenvalue weighted by molar-refractivity contribution is 5.44. The molecule has 0 saturated carbocycles. The summed E-state index contributed by atoms with van der Waals surface area (Å²) in [6, 6.07) is 12.2. The van der Waals surface area contributed by atoms with E-state index >= 15 is 0 Å². The molecule has 1 aromatic carbocycles. The first-order chi connectivity index (χ1) is 9.79. The van der Waals surface area contributed by atoms with Crippen molar-refractivity contribution in [1.82, 2.24) is 10.3 Å². The van der Waals surface area contributed by atoms with Crippen LogP contribution < -0.4 is 15.8 Å². The van der Waals surface area contributed by atoms with E-state index in [-0.39, 0.29) is 12.1 Å². The Hall–Kier alpha value is -2.07. The van der Waals surface area contributed by atoms with Crippen LogP contribution in [0.4, 0.5) is 5.82 Å². The lowest BCUT2D eigenvalue weighted by Gasteiger charge is -2.25. The lowest BCUT2D eigenvalue weighted by molar-refractivity contribution is 0.180. The maximum Gasteiger partial charge on any atom is 0.128 e. The van der Waals surface area contributed by atoms with Crippen LogP contribution in [0.25, 0.3) is 0 Å². The van der Waals surface area contributed by atoms with Gasteiger partial charge in [0.05, 0.1) is 6.04 Å². The van der Waals surface area contributed by atoms with Crippen LogP contribution in [0, 0.1) is 0 Å². The van der Waals surface area contributed by atoms with Crippen molar-refractivity contribution in [1.29, 1.82) is 0 Å². The predicted molar refractivity (Wildman–Crippen MR) is 79.6 cm³/mol. The second kappa shape index (κ2) is 5.51. The first kappa shape index (κ1) is 12.9. The van der Waals surface area contributed by atoms with Crippen molar-refractivity contribution in [2.75, 3.05) is 12.3 Å². The summed E-state index contributed by atoms with van der Waals surface area (Å²) in [6.45, 7) is 2.94. The molecule has 0 amide bonds. The molecule has 2 atom stereocenters. The Labute approximate surface area is 119 Å². The van der Waals surface area contributed by atoms with E-state index in [1.165, 1.54) is 5.56 Å². The van der Waals surface area contributed by atoms with Crippen LogP contribution in [0.2, 0.25) is 0 Å². The molecule has 1 aromatic heterocycles. The van der Waals surface area contributed by atoms with E-state index in [0.717, 1.165) is 24.3 Å². The lowest BCUT2D eigenvalue weighted by Crippen LogP contribution is -2.35. The SMILES string of the molecule is CCNC(c1cccnc1N)C1Cc2ccccc2O1. The third-order valence-corrected chi connectivity index (χ3v) is 3.67. The first-order valence-electron chi connectivity index (χ1n) is 6.98. The van der Waals surface area contributed by atoms with Gasteiger partial charge in [0.1, 0.15) is 17.7 Å². The van der Waals surface area contributed by atoms with Gasteiger partial charge in [-0.15, -0.1) is 0 Å². The van der Waals surface area contributed by atoms with Gasteiger partial charge in [-0.05, 0) is 24.2 Å². The van der Waals surface area contributed by atoms with Gasteiger partial charge in [0.25, 0.3) is 0 Å². The Balaban J connectivity index is 1.88. The Morgan fingerprint density at radius 3 is 2.95 bits per heavy atom. The minimum Gasteiger partial charge on any atom is -0.488 e. The van der Waals surface area contributed by atoms with Gasteiger partial charge >= 0.3 is 0 Å². The number of ether oxygens (including phenoxy) is 1. The molecule has 0 bridgehead atoms. The Bertz CT molecular complexity index is 575. The van der Waals surface area contributed by atoms with Crippen LogP contribution in [0.3, 0.4) is 0 Å². The fourth-order valence-electron chi connectivity index (χ4n) is 2.75. The number of aromatic nitrogens is 1. The topological polar surface area (TPSA) is 60.2 Å². The van der Waals surface area contributed by atoms with E-state index in [0.29, 0.717) is 5.82 Å². The minimum atomic E-state index is 0.0545. The van der Waals surface area contributed by atoms with Crippen molar-refractivity contribution in [2.45, 2.75) is 25.5 Å². The second-order valence-electron chi connectivity index (χ2n) is 4.98. The third kappa shape index (κ3) is 2.34. The van der Waals surface area contributed by atoms with Crippen molar-refractivity contribution in [3.8, 4) is 5.75 Å². The molecule has 104 valence electrons. The summed E-state index contributed by atoms with van der Waals surface area (Å²) in [4.78, 5) is 4.19. The molecule has 0 aliphatic carbocycles. The molecule has 0 saturated heterocycles. The highest BCUT2D eigenvalue weighted by atomic mass is 16.5. The van der Waals surface area contributed by atoms with E-state index in [1.54, 1.807) is 6.20 Å². The number of pyridine rings is 1. The number of benzene rings is 1. The Kier molecular flexibility index (Phi) is 3.56. The maximum absolute atomic E-state index is 6.09. The van der Waals surface area contributed by atoms with Crippen molar-refractivity contribution in [3.63, 3.8) is 0 Å². The van der Waals surface area contributed by atoms with E-state index in [4.69, 9.17) is 10.5 Å². The van der Waals surface area contributed by atoms with Gasteiger partial charge in [0.2, 0.25) is 0 Å². The third-order valence-electron chi connectivity index (χ3n) is 3.67. The van der Waals surface area contributed by atoms with Crippen molar-refractivity contribution in [3.05, 3.63) is 53.7 Å². The smallest absolute Gasteiger partial charge is 0.128 e. The summed E-state index contributed by atoms with van der Waals surface area (Å²) >= 11 is 0. The molecule has 0 fully saturated rings.